The lowest BCUT2D eigenvalue weighted by Gasteiger charge is -2.15. The lowest BCUT2D eigenvalue weighted by molar-refractivity contribution is 0.673. The van der Waals surface area contributed by atoms with E-state index in [0.717, 1.165) is 105 Å². The molecular weight excluding hydrogens is 699 g/mol. The second kappa shape index (κ2) is 12.0. The Balaban J connectivity index is 1.24. The highest BCUT2D eigenvalue weighted by molar-refractivity contribution is 6.39. The first-order valence-corrected chi connectivity index (χ1v) is 19.0. The van der Waals surface area contributed by atoms with Gasteiger partial charge in [0, 0.05) is 49.4 Å². The van der Waals surface area contributed by atoms with Crippen molar-refractivity contribution in [3.63, 3.8) is 0 Å². The van der Waals surface area contributed by atoms with Crippen LogP contribution < -0.4 is 0 Å². The molecule has 0 aliphatic heterocycles. The molecule has 12 rings (SSSR count). The quantitative estimate of drug-likeness (QED) is 0.181. The zero-order chi connectivity index (χ0) is 37.6. The van der Waals surface area contributed by atoms with Crippen LogP contribution in [-0.4, -0.2) is 19.1 Å². The summed E-state index contributed by atoms with van der Waals surface area (Å²) in [5.74, 6) is 0. The Labute approximate surface area is 325 Å². The van der Waals surface area contributed by atoms with Gasteiger partial charge in [-0.2, -0.15) is 5.26 Å². The second-order valence-corrected chi connectivity index (χ2v) is 14.4. The van der Waals surface area contributed by atoms with Crippen LogP contribution in [0.2, 0.25) is 0 Å². The molecular formula is C51H29N5O. The summed E-state index contributed by atoms with van der Waals surface area (Å²) in [6, 6.07) is 62.7. The lowest BCUT2D eigenvalue weighted by Crippen LogP contribution is -2.01. The minimum Gasteiger partial charge on any atom is -0.455 e. The Kier molecular flexibility index (Phi) is 6.60. The molecule has 0 aliphatic carbocycles. The van der Waals surface area contributed by atoms with Crippen LogP contribution in [-0.2, 0) is 0 Å². The third kappa shape index (κ3) is 4.45. The number of furan rings is 1. The summed E-state index contributed by atoms with van der Waals surface area (Å²) in [7, 11) is 0. The minimum atomic E-state index is 0.504. The topological polar surface area (TPSA) is 72.6 Å². The van der Waals surface area contributed by atoms with Gasteiger partial charge in [-0.1, -0.05) is 115 Å². The molecule has 12 aromatic rings. The fourth-order valence-electron chi connectivity index (χ4n) is 8.95. The van der Waals surface area contributed by atoms with Crippen LogP contribution in [0, 0.1) is 11.3 Å². The van der Waals surface area contributed by atoms with Gasteiger partial charge >= 0.3 is 0 Å². The molecule has 0 bridgehead atoms. The first-order valence-electron chi connectivity index (χ1n) is 19.0. The van der Waals surface area contributed by atoms with Gasteiger partial charge in [0.05, 0.1) is 61.5 Å². The van der Waals surface area contributed by atoms with Crippen LogP contribution in [0.3, 0.4) is 0 Å². The smallest absolute Gasteiger partial charge is 0.146 e. The molecule has 0 atom stereocenters. The summed E-state index contributed by atoms with van der Waals surface area (Å²) < 4.78 is 11.6. The Morgan fingerprint density at radius 3 is 1.75 bits per heavy atom. The van der Waals surface area contributed by atoms with Crippen LogP contribution in [0.15, 0.2) is 180 Å². The number of hydrogen-bond acceptors (Lipinski definition) is 4. The van der Waals surface area contributed by atoms with E-state index < -0.39 is 0 Å². The van der Waals surface area contributed by atoms with Crippen molar-refractivity contribution >= 4 is 76.6 Å². The van der Waals surface area contributed by atoms with Crippen LogP contribution >= 0.6 is 0 Å². The highest BCUT2D eigenvalue weighted by atomic mass is 16.3. The van der Waals surface area contributed by atoms with Crippen molar-refractivity contribution in [2.24, 2.45) is 0 Å². The first-order chi connectivity index (χ1) is 28.3. The van der Waals surface area contributed by atoms with Gasteiger partial charge in [-0.05, 0) is 60.7 Å². The maximum atomic E-state index is 11.0. The fraction of sp³-hybridized carbons (Fsp3) is 0. The van der Waals surface area contributed by atoms with E-state index in [0.29, 0.717) is 11.3 Å². The number of benzene rings is 8. The predicted molar refractivity (Wildman–Crippen MR) is 231 cm³/mol. The van der Waals surface area contributed by atoms with Crippen molar-refractivity contribution in [1.29, 1.82) is 5.26 Å². The molecule has 0 amide bonds. The van der Waals surface area contributed by atoms with Crippen LogP contribution in [0.1, 0.15) is 5.56 Å². The highest BCUT2D eigenvalue weighted by Crippen LogP contribution is 2.49. The Bertz CT molecular complexity index is 3640. The van der Waals surface area contributed by atoms with Gasteiger partial charge in [0.25, 0.3) is 0 Å². The number of hydrogen-bond donors (Lipinski definition) is 0. The Morgan fingerprint density at radius 1 is 0.474 bits per heavy atom. The third-order valence-corrected chi connectivity index (χ3v) is 11.3. The van der Waals surface area contributed by atoms with Gasteiger partial charge in [0.2, 0.25) is 0 Å². The van der Waals surface area contributed by atoms with Crippen molar-refractivity contribution in [2.45, 2.75) is 0 Å². The third-order valence-electron chi connectivity index (χ3n) is 11.3. The Morgan fingerprint density at radius 2 is 1.04 bits per heavy atom. The maximum Gasteiger partial charge on any atom is 0.146 e. The summed E-state index contributed by atoms with van der Waals surface area (Å²) in [6.07, 6.45) is 0. The van der Waals surface area contributed by atoms with E-state index in [1.807, 2.05) is 72.8 Å². The standard InChI is InChI=1S/C51H29N5O/c52-30-32-29-34(27-28-35(32)48-47(31-15-3-1-4-16-31)53-39-22-10-11-23-40(39)54-48)56-42-25-13-8-20-37(42)46-50(56)49-44(45-38-21-9-14-26-43(38)57-51(45)46)36-19-7-12-24-41(36)55(49)33-17-5-2-6-18-33/h1-29H. The molecule has 57 heavy (non-hydrogen) atoms. The van der Waals surface area contributed by atoms with Crippen molar-refractivity contribution in [1.82, 2.24) is 19.1 Å². The molecule has 6 nitrogen and oxygen atoms in total. The summed E-state index contributed by atoms with van der Waals surface area (Å²) in [4.78, 5) is 10.3. The molecule has 0 saturated heterocycles. The van der Waals surface area contributed by atoms with Gasteiger partial charge in [-0.25, -0.2) is 9.97 Å². The van der Waals surface area contributed by atoms with E-state index in [1.54, 1.807) is 0 Å². The number of aromatic nitrogens is 4. The number of fused-ring (bicyclic) bond motifs is 13. The fourth-order valence-corrected chi connectivity index (χ4v) is 8.95. The van der Waals surface area contributed by atoms with Crippen LogP contribution in [0.5, 0.6) is 0 Å². The Hall–Kier alpha value is -8.01. The van der Waals surface area contributed by atoms with Crippen molar-refractivity contribution in [2.75, 3.05) is 0 Å². The molecule has 0 N–H and O–H groups in total. The normalized spacial score (nSPS) is 11.8. The molecule has 0 aliphatic rings. The molecule has 0 radical (unpaired) electrons. The minimum absolute atomic E-state index is 0.504. The van der Waals surface area contributed by atoms with E-state index in [-0.39, 0.29) is 0 Å². The summed E-state index contributed by atoms with van der Waals surface area (Å²) in [6.45, 7) is 0. The van der Waals surface area contributed by atoms with Gasteiger partial charge in [-0.15, -0.1) is 0 Å². The molecule has 4 aromatic heterocycles. The number of nitriles is 1. The molecule has 4 heterocycles. The monoisotopic (exact) mass is 727 g/mol. The highest BCUT2D eigenvalue weighted by Gasteiger charge is 2.28. The maximum absolute atomic E-state index is 11.0. The number of rotatable bonds is 4. The van der Waals surface area contributed by atoms with Gasteiger partial charge < -0.3 is 13.6 Å². The van der Waals surface area contributed by atoms with Crippen molar-refractivity contribution in [3.8, 4) is 40.0 Å². The molecule has 0 unspecified atom stereocenters. The molecule has 0 fully saturated rings. The summed E-state index contributed by atoms with van der Waals surface area (Å²) >= 11 is 0. The van der Waals surface area contributed by atoms with E-state index in [4.69, 9.17) is 14.4 Å². The van der Waals surface area contributed by atoms with E-state index in [1.165, 1.54) is 0 Å². The largest absolute Gasteiger partial charge is 0.455 e. The second-order valence-electron chi connectivity index (χ2n) is 14.4. The van der Waals surface area contributed by atoms with Gasteiger partial charge in [0.15, 0.2) is 0 Å². The van der Waals surface area contributed by atoms with Crippen LogP contribution in [0.25, 0.3) is 110 Å². The summed E-state index contributed by atoms with van der Waals surface area (Å²) in [5, 5.41) is 17.5. The predicted octanol–water partition coefficient (Wildman–Crippen LogP) is 12.9. The van der Waals surface area contributed by atoms with E-state index in [9.17, 15) is 5.26 Å². The zero-order valence-corrected chi connectivity index (χ0v) is 30.4. The molecule has 8 aromatic carbocycles. The molecule has 6 heteroatoms. The molecule has 0 saturated carbocycles. The van der Waals surface area contributed by atoms with Crippen molar-refractivity contribution in [3.05, 3.63) is 181 Å². The SMILES string of the molecule is N#Cc1cc(-n2c3ccccc3c3c4oc5ccccc5c4c4c5ccccc5n(-c5ccccc5)c4c32)ccc1-c1nc2ccccc2nc1-c1ccccc1. The average Bonchev–Trinajstić information content (AvgIpc) is 3.94. The zero-order valence-electron chi connectivity index (χ0n) is 30.4. The van der Waals surface area contributed by atoms with Crippen LogP contribution in [0.4, 0.5) is 0 Å². The first kappa shape index (κ1) is 31.4. The van der Waals surface area contributed by atoms with Crippen molar-refractivity contribution < 1.29 is 4.42 Å². The van der Waals surface area contributed by atoms with Gasteiger partial charge in [0.1, 0.15) is 11.2 Å². The lowest BCUT2D eigenvalue weighted by atomic mass is 9.99. The molecule has 264 valence electrons. The van der Waals surface area contributed by atoms with Gasteiger partial charge in [-0.3, -0.25) is 0 Å². The number of nitrogens with zero attached hydrogens (tertiary/aromatic N) is 5. The average molecular weight is 728 g/mol. The van der Waals surface area contributed by atoms with E-state index in [2.05, 4.69) is 118 Å². The number of para-hydroxylation sites is 6. The van der Waals surface area contributed by atoms with E-state index >= 15 is 0 Å². The summed E-state index contributed by atoms with van der Waals surface area (Å²) in [5.41, 5.74) is 12.9. The molecule has 0 spiro atoms.